The molecule has 3 N–H and O–H groups in total. The lowest BCUT2D eigenvalue weighted by atomic mass is 10.8. The minimum atomic E-state index is -2.77. The van der Waals surface area contributed by atoms with Crippen molar-refractivity contribution in [2.45, 2.75) is 50.2 Å². The van der Waals surface area contributed by atoms with Gasteiger partial charge in [-0.05, 0) is 45.3 Å². The topological polar surface area (TPSA) is 69.9 Å². The van der Waals surface area contributed by atoms with Gasteiger partial charge in [-0.2, -0.15) is 0 Å². The van der Waals surface area contributed by atoms with Gasteiger partial charge in [0.2, 0.25) is 27.1 Å². The van der Waals surface area contributed by atoms with E-state index in [4.69, 9.17) is 4.43 Å². The average Bonchev–Trinajstić information content (AvgIpc) is 1.93. The van der Waals surface area contributed by atoms with Crippen molar-refractivity contribution >= 4 is 35.4 Å². The van der Waals surface area contributed by atoms with E-state index >= 15 is 0 Å². The molecule has 3 radical (unpaired) electrons. The lowest BCUT2D eigenvalue weighted by molar-refractivity contribution is 0.205. The molecule has 0 aliphatic heterocycles. The number of hydrogen-bond acceptors (Lipinski definition) is 4. The van der Waals surface area contributed by atoms with Crippen molar-refractivity contribution in [3.05, 3.63) is 0 Å². The fourth-order valence-corrected chi connectivity index (χ4v) is 17.6. The molecule has 0 rings (SSSR count). The Morgan fingerprint density at radius 1 is 0.938 bits per heavy atom. The van der Waals surface area contributed by atoms with Crippen molar-refractivity contribution < 1.29 is 18.8 Å². The maximum atomic E-state index is 10.4. The molecule has 0 spiro atoms. The van der Waals surface area contributed by atoms with E-state index in [1.165, 1.54) is 0 Å². The summed E-state index contributed by atoms with van der Waals surface area (Å²) in [5.41, 5.74) is 0. The molecule has 0 aromatic heterocycles. The van der Waals surface area contributed by atoms with E-state index in [2.05, 4.69) is 10.5 Å². The molecule has 0 saturated carbocycles. The van der Waals surface area contributed by atoms with E-state index in [1.807, 2.05) is 0 Å². The first kappa shape index (κ1) is 16.7. The number of rotatable bonds is 5. The van der Waals surface area contributed by atoms with Crippen LogP contribution in [-0.4, -0.2) is 54.7 Å². The SMILES string of the molecule is C[Si](C)(O)CC(O[Si])([Si](C)(C)O)[Si](C)(C)O. The summed E-state index contributed by atoms with van der Waals surface area (Å²) in [5.74, 6) is 0. The van der Waals surface area contributed by atoms with Crippen molar-refractivity contribution in [2.75, 3.05) is 0 Å². The maximum absolute atomic E-state index is 10.4. The molecule has 0 unspecified atom stereocenters. The summed E-state index contributed by atoms with van der Waals surface area (Å²) in [6.45, 7) is 10.5. The molecule has 0 aromatic rings. The zero-order valence-electron chi connectivity index (χ0n) is 11.0. The van der Waals surface area contributed by atoms with Crippen molar-refractivity contribution in [2.24, 2.45) is 0 Å². The van der Waals surface area contributed by atoms with Gasteiger partial charge < -0.3 is 18.8 Å². The summed E-state index contributed by atoms with van der Waals surface area (Å²) in [7, 11) is -4.96. The summed E-state index contributed by atoms with van der Waals surface area (Å²) in [6.07, 6.45) is 0. The first-order valence-corrected chi connectivity index (χ1v) is 14.7. The largest absolute Gasteiger partial charge is 0.432 e. The summed E-state index contributed by atoms with van der Waals surface area (Å²) < 4.78 is 5.35. The molecule has 0 atom stereocenters. The van der Waals surface area contributed by atoms with Crippen LogP contribution in [0.15, 0.2) is 0 Å². The summed E-state index contributed by atoms with van der Waals surface area (Å²) in [6, 6.07) is 0.342. The van der Waals surface area contributed by atoms with Gasteiger partial charge in [-0.3, -0.25) is 0 Å². The fourth-order valence-electron chi connectivity index (χ4n) is 2.08. The lowest BCUT2D eigenvalue weighted by Crippen LogP contribution is -2.72. The molecule has 0 saturated heterocycles. The van der Waals surface area contributed by atoms with Gasteiger partial charge >= 0.3 is 0 Å². The molecule has 0 bridgehead atoms. The van der Waals surface area contributed by atoms with Crippen LogP contribution in [0.2, 0.25) is 45.3 Å². The third kappa shape index (κ3) is 3.60. The van der Waals surface area contributed by atoms with Gasteiger partial charge in [-0.1, -0.05) is 0 Å². The Bertz CT molecular complexity index is 224. The van der Waals surface area contributed by atoms with Gasteiger partial charge in [0, 0.05) is 0 Å². The van der Waals surface area contributed by atoms with Gasteiger partial charge in [-0.25, -0.2) is 0 Å². The van der Waals surface area contributed by atoms with Gasteiger partial charge in [0.15, 0.2) is 8.32 Å². The van der Waals surface area contributed by atoms with E-state index < -0.39 is 29.8 Å². The highest BCUT2D eigenvalue weighted by Gasteiger charge is 2.59. The third-order valence-corrected chi connectivity index (χ3v) is 13.8. The van der Waals surface area contributed by atoms with Crippen molar-refractivity contribution in [1.29, 1.82) is 0 Å². The molecule has 95 valence electrons. The predicted molar refractivity (Wildman–Crippen MR) is 73.5 cm³/mol. The van der Waals surface area contributed by atoms with Crippen LogP contribution >= 0.6 is 0 Å². The Hall–Kier alpha value is 0.708. The molecular formula is C8H23O4Si4. The van der Waals surface area contributed by atoms with Crippen LogP contribution in [0.25, 0.3) is 0 Å². The Morgan fingerprint density at radius 2 is 1.25 bits per heavy atom. The normalized spacial score (nSPS) is 15.4. The van der Waals surface area contributed by atoms with Crippen LogP contribution in [0.4, 0.5) is 0 Å². The van der Waals surface area contributed by atoms with Gasteiger partial charge in [0.05, 0.1) is 4.85 Å². The standard InChI is InChI=1S/C8H23O4Si4/c1-14(2,9)7-8(12-13,15(3,4)10)16(5,6)11/h9-11H,7H2,1-6H3. The highest BCUT2D eigenvalue weighted by Crippen LogP contribution is 2.37. The highest BCUT2D eigenvalue weighted by atomic mass is 28.4. The highest BCUT2D eigenvalue weighted by molar-refractivity contribution is 6.95. The van der Waals surface area contributed by atoms with Crippen LogP contribution in [0.1, 0.15) is 0 Å². The Morgan fingerprint density at radius 3 is 1.31 bits per heavy atom. The molecule has 0 aliphatic carbocycles. The van der Waals surface area contributed by atoms with Crippen molar-refractivity contribution in [3.8, 4) is 0 Å². The van der Waals surface area contributed by atoms with Crippen LogP contribution in [-0.2, 0) is 4.43 Å². The smallest absolute Gasteiger partial charge is 0.246 e. The molecular weight excluding hydrogens is 272 g/mol. The maximum Gasteiger partial charge on any atom is 0.246 e. The quantitative estimate of drug-likeness (QED) is 0.646. The zero-order valence-corrected chi connectivity index (χ0v) is 15.0. The van der Waals surface area contributed by atoms with Crippen LogP contribution in [0, 0.1) is 0 Å². The van der Waals surface area contributed by atoms with Gasteiger partial charge in [0.1, 0.15) is 0 Å². The lowest BCUT2D eigenvalue weighted by Gasteiger charge is -2.49. The first-order valence-electron chi connectivity index (χ1n) is 5.29. The van der Waals surface area contributed by atoms with E-state index in [1.54, 1.807) is 39.3 Å². The molecule has 0 fully saturated rings. The van der Waals surface area contributed by atoms with E-state index in [9.17, 15) is 14.4 Å². The van der Waals surface area contributed by atoms with Crippen molar-refractivity contribution in [3.63, 3.8) is 0 Å². The predicted octanol–water partition coefficient (Wildman–Crippen LogP) is 0.496. The van der Waals surface area contributed by atoms with Gasteiger partial charge in [-0.15, -0.1) is 0 Å². The Kier molecular flexibility index (Phi) is 4.97. The molecule has 0 aromatic carbocycles. The Labute approximate surface area is 105 Å². The summed E-state index contributed by atoms with van der Waals surface area (Å²) in [5, 5.41) is 0. The minimum Gasteiger partial charge on any atom is -0.432 e. The monoisotopic (exact) mass is 295 g/mol. The van der Waals surface area contributed by atoms with E-state index in [-0.39, 0.29) is 0 Å². The van der Waals surface area contributed by atoms with Crippen LogP contribution < -0.4 is 0 Å². The van der Waals surface area contributed by atoms with Crippen LogP contribution in [0.3, 0.4) is 0 Å². The fraction of sp³-hybridized carbons (Fsp3) is 1.00. The Balaban J connectivity index is 5.51. The summed E-state index contributed by atoms with van der Waals surface area (Å²) in [4.78, 5) is 29.9. The second-order valence-electron chi connectivity index (χ2n) is 6.04. The molecule has 0 aliphatic rings. The third-order valence-electron chi connectivity index (χ3n) is 2.83. The van der Waals surface area contributed by atoms with Crippen molar-refractivity contribution in [1.82, 2.24) is 0 Å². The average molecular weight is 296 g/mol. The van der Waals surface area contributed by atoms with Crippen LogP contribution in [0.5, 0.6) is 0 Å². The zero-order chi connectivity index (χ0) is 13.4. The first-order chi connectivity index (χ1) is 6.77. The molecule has 16 heavy (non-hydrogen) atoms. The minimum absolute atomic E-state index is 0.342. The summed E-state index contributed by atoms with van der Waals surface area (Å²) >= 11 is 0. The van der Waals surface area contributed by atoms with Gasteiger partial charge in [0.25, 0.3) is 0 Å². The molecule has 8 heteroatoms. The molecule has 4 nitrogen and oxygen atoms in total. The molecule has 0 heterocycles. The second-order valence-corrected chi connectivity index (χ2v) is 18.6. The van der Waals surface area contributed by atoms with E-state index in [0.29, 0.717) is 6.04 Å². The number of hydrogen-bond donors (Lipinski definition) is 3. The van der Waals surface area contributed by atoms with E-state index in [0.717, 1.165) is 0 Å². The molecule has 0 amide bonds. The second kappa shape index (κ2) is 4.76.